The van der Waals surface area contributed by atoms with Crippen molar-refractivity contribution < 1.29 is 27.5 Å². The fraction of sp³-hybridized carbons (Fsp3) is 0.300. The maximum absolute atomic E-state index is 14.0. The molecule has 0 spiro atoms. The largest absolute Gasteiger partial charge is 0.335 e. The minimum atomic E-state index is -3.53. The van der Waals surface area contributed by atoms with Crippen LogP contribution in [0.5, 0.6) is 0 Å². The lowest BCUT2D eigenvalue weighted by Gasteiger charge is -2.23. The second-order valence-electron chi connectivity index (χ2n) is 8.52. The molecule has 0 N–H and O–H groups in total. The Balaban J connectivity index is 2.04. The number of hydrogen-bond donors (Lipinski definition) is 0. The Hall–Kier alpha value is -2.43. The van der Waals surface area contributed by atoms with Gasteiger partial charge in [-0.25, -0.2) is 0 Å². The van der Waals surface area contributed by atoms with Gasteiger partial charge in [0, 0.05) is 5.56 Å². The third-order valence-electron chi connectivity index (χ3n) is 6.13. The van der Waals surface area contributed by atoms with E-state index in [1.165, 1.54) is 0 Å². The summed E-state index contributed by atoms with van der Waals surface area (Å²) >= 11 is 0. The molecule has 0 heterocycles. The highest BCUT2D eigenvalue weighted by molar-refractivity contribution is 7.67. The molecule has 0 unspecified atom stereocenters. The predicted octanol–water partition coefficient (Wildman–Crippen LogP) is 8.95. The van der Waals surface area contributed by atoms with Gasteiger partial charge >= 0.3 is 7.60 Å². The zero-order valence-corrected chi connectivity index (χ0v) is 24.1. The van der Waals surface area contributed by atoms with E-state index < -0.39 is 16.0 Å². The van der Waals surface area contributed by atoms with Crippen LogP contribution in [0.2, 0.25) is 0 Å². The molecule has 0 aliphatic carbocycles. The van der Waals surface area contributed by atoms with Gasteiger partial charge in [-0.2, -0.15) is 0 Å². The maximum atomic E-state index is 14.0. The first-order valence-corrected chi connectivity index (χ1v) is 15.9. The SMILES string of the molecule is CCOP(OCC)C(=O)c1cc(-c2cccc3ccccc23)c2ccccc2c1CP(=O)(OCC)OCC. The summed E-state index contributed by atoms with van der Waals surface area (Å²) in [5.41, 5.74) is 2.70. The lowest BCUT2D eigenvalue weighted by Crippen LogP contribution is -2.09. The van der Waals surface area contributed by atoms with Gasteiger partial charge in [-0.1, -0.05) is 66.7 Å². The van der Waals surface area contributed by atoms with Crippen molar-refractivity contribution in [1.29, 1.82) is 0 Å². The fourth-order valence-corrected chi connectivity index (χ4v) is 7.63. The summed E-state index contributed by atoms with van der Waals surface area (Å²) in [5.74, 6) is 0. The summed E-state index contributed by atoms with van der Waals surface area (Å²) in [6.07, 6.45) is -0.0342. The Morgan fingerprint density at radius 3 is 1.92 bits per heavy atom. The van der Waals surface area contributed by atoms with Crippen LogP contribution in [0.1, 0.15) is 43.6 Å². The molecular formula is C30H34O6P2. The fourth-order valence-electron chi connectivity index (χ4n) is 4.68. The van der Waals surface area contributed by atoms with E-state index in [-0.39, 0.29) is 24.9 Å². The maximum Gasteiger partial charge on any atom is 0.335 e. The van der Waals surface area contributed by atoms with Crippen LogP contribution in [0.15, 0.2) is 72.8 Å². The van der Waals surface area contributed by atoms with Gasteiger partial charge in [0.1, 0.15) is 0 Å². The Morgan fingerprint density at radius 1 is 0.711 bits per heavy atom. The molecule has 0 aliphatic heterocycles. The van der Waals surface area contributed by atoms with Gasteiger partial charge in [0.2, 0.25) is 13.9 Å². The van der Waals surface area contributed by atoms with Crippen LogP contribution in [-0.4, -0.2) is 32.0 Å². The highest BCUT2D eigenvalue weighted by atomic mass is 31.2. The first-order valence-electron chi connectivity index (χ1n) is 13.0. The lowest BCUT2D eigenvalue weighted by molar-refractivity contribution is 0.103. The first-order chi connectivity index (χ1) is 18.5. The van der Waals surface area contributed by atoms with Crippen molar-refractivity contribution >= 4 is 43.0 Å². The Bertz CT molecular complexity index is 1450. The monoisotopic (exact) mass is 552 g/mol. The zero-order chi connectivity index (χ0) is 27.1. The van der Waals surface area contributed by atoms with Crippen molar-refractivity contribution in [2.75, 3.05) is 26.4 Å². The minimum absolute atomic E-state index is 0.0342. The van der Waals surface area contributed by atoms with Crippen molar-refractivity contribution in [3.05, 3.63) is 83.9 Å². The summed E-state index contributed by atoms with van der Waals surface area (Å²) < 4.78 is 36.6. The summed E-state index contributed by atoms with van der Waals surface area (Å²) in [4.78, 5) is 14.0. The van der Waals surface area contributed by atoms with Gasteiger partial charge < -0.3 is 18.1 Å². The molecule has 0 aromatic heterocycles. The Morgan fingerprint density at radius 2 is 1.29 bits per heavy atom. The van der Waals surface area contributed by atoms with E-state index in [1.54, 1.807) is 13.8 Å². The normalized spacial score (nSPS) is 12.0. The van der Waals surface area contributed by atoms with Crippen LogP contribution >= 0.6 is 16.0 Å². The molecule has 0 saturated heterocycles. The predicted molar refractivity (Wildman–Crippen MR) is 156 cm³/mol. The van der Waals surface area contributed by atoms with Crippen molar-refractivity contribution in [2.24, 2.45) is 0 Å². The van der Waals surface area contributed by atoms with E-state index in [0.29, 0.717) is 24.3 Å². The van der Waals surface area contributed by atoms with Gasteiger partial charge in [0.15, 0.2) is 0 Å². The number of carbonyl (C=O) groups is 1. The third-order valence-corrected chi connectivity index (χ3v) is 9.69. The van der Waals surface area contributed by atoms with E-state index >= 15 is 0 Å². The van der Waals surface area contributed by atoms with Crippen molar-refractivity contribution in [3.63, 3.8) is 0 Å². The zero-order valence-electron chi connectivity index (χ0n) is 22.3. The Labute approximate surface area is 225 Å². The van der Waals surface area contributed by atoms with Gasteiger partial charge in [0.05, 0.1) is 32.6 Å². The first kappa shape index (κ1) is 28.6. The molecule has 8 heteroatoms. The van der Waals surface area contributed by atoms with Crippen molar-refractivity contribution in [2.45, 2.75) is 33.9 Å². The molecule has 0 atom stereocenters. The van der Waals surface area contributed by atoms with E-state index in [1.807, 2.05) is 62.4 Å². The topological polar surface area (TPSA) is 71.1 Å². The van der Waals surface area contributed by atoms with Crippen LogP contribution < -0.4 is 0 Å². The standard InChI is InChI=1S/C30H34O6P2/c1-5-33-37(34-6-2)30(31)28-20-27(24-19-13-15-22-14-9-10-16-23(22)24)25-17-11-12-18-26(25)29(28)21-38(32,35-7-3)36-8-4/h9-20H,5-8,21H2,1-4H3. The van der Waals surface area contributed by atoms with E-state index in [4.69, 9.17) is 18.1 Å². The number of fused-ring (bicyclic) bond motifs is 2. The average molecular weight is 553 g/mol. The second kappa shape index (κ2) is 13.1. The summed E-state index contributed by atoms with van der Waals surface area (Å²) in [6.45, 7) is 8.38. The smallest absolute Gasteiger partial charge is 0.329 e. The molecule has 0 radical (unpaired) electrons. The van der Waals surface area contributed by atoms with E-state index in [2.05, 4.69) is 24.3 Å². The molecule has 200 valence electrons. The summed E-state index contributed by atoms with van der Waals surface area (Å²) in [6, 6.07) is 24.1. The van der Waals surface area contributed by atoms with Gasteiger partial charge in [-0.05, 0) is 72.0 Å². The molecule has 0 amide bonds. The van der Waals surface area contributed by atoms with Crippen LogP contribution in [0, 0.1) is 0 Å². The van der Waals surface area contributed by atoms with Gasteiger partial charge in [-0.3, -0.25) is 9.36 Å². The molecule has 0 saturated carbocycles. The number of benzene rings is 4. The molecule has 38 heavy (non-hydrogen) atoms. The number of carbonyl (C=O) groups excluding carboxylic acids is 1. The van der Waals surface area contributed by atoms with Crippen LogP contribution in [-0.2, 0) is 28.8 Å². The molecule has 4 aromatic rings. The van der Waals surface area contributed by atoms with E-state index in [0.717, 1.165) is 32.7 Å². The van der Waals surface area contributed by atoms with Crippen LogP contribution in [0.4, 0.5) is 0 Å². The second-order valence-corrected chi connectivity index (χ2v) is 12.0. The van der Waals surface area contributed by atoms with Gasteiger partial charge in [0.25, 0.3) is 0 Å². The average Bonchev–Trinajstić information content (AvgIpc) is 2.93. The molecular weight excluding hydrogens is 518 g/mol. The third kappa shape index (κ3) is 6.07. The van der Waals surface area contributed by atoms with E-state index in [9.17, 15) is 9.36 Å². The minimum Gasteiger partial charge on any atom is -0.329 e. The highest BCUT2D eigenvalue weighted by Gasteiger charge is 2.32. The molecule has 6 nitrogen and oxygen atoms in total. The van der Waals surface area contributed by atoms with Crippen LogP contribution in [0.25, 0.3) is 32.7 Å². The molecule has 0 fully saturated rings. The highest BCUT2D eigenvalue weighted by Crippen LogP contribution is 2.54. The Kier molecular flexibility index (Phi) is 9.84. The number of rotatable bonds is 13. The van der Waals surface area contributed by atoms with Crippen LogP contribution in [0.3, 0.4) is 0 Å². The molecule has 0 bridgehead atoms. The number of hydrogen-bond acceptors (Lipinski definition) is 6. The van der Waals surface area contributed by atoms with Crippen molar-refractivity contribution in [1.82, 2.24) is 0 Å². The quantitative estimate of drug-likeness (QED) is 0.154. The molecule has 0 aliphatic rings. The van der Waals surface area contributed by atoms with Crippen molar-refractivity contribution in [3.8, 4) is 11.1 Å². The summed E-state index contributed by atoms with van der Waals surface area (Å²) in [5, 5.41) is 3.96. The summed E-state index contributed by atoms with van der Waals surface area (Å²) in [7, 11) is -5.38. The molecule has 4 aromatic carbocycles. The lowest BCUT2D eigenvalue weighted by atomic mass is 9.90. The van der Waals surface area contributed by atoms with Gasteiger partial charge in [-0.15, -0.1) is 0 Å². The molecule has 4 rings (SSSR count).